The van der Waals surface area contributed by atoms with E-state index in [1.165, 1.54) is 14.2 Å². The summed E-state index contributed by atoms with van der Waals surface area (Å²) >= 11 is 0. The summed E-state index contributed by atoms with van der Waals surface area (Å²) in [5.41, 5.74) is 2.15. The van der Waals surface area contributed by atoms with E-state index in [1.54, 1.807) is 0 Å². The molecular formula is C12H16N2O4. The van der Waals surface area contributed by atoms with Crippen LogP contribution in [0.2, 0.25) is 0 Å². The van der Waals surface area contributed by atoms with Gasteiger partial charge in [-0.2, -0.15) is 0 Å². The molecular weight excluding hydrogens is 236 g/mol. The predicted molar refractivity (Wildman–Crippen MR) is 63.9 cm³/mol. The van der Waals surface area contributed by atoms with E-state index in [1.807, 2.05) is 0 Å². The largest absolute Gasteiger partial charge is 0.464 e. The lowest BCUT2D eigenvalue weighted by Crippen LogP contribution is -2.23. The maximum Gasteiger partial charge on any atom is 0.356 e. The molecule has 0 aromatic carbocycles. The standard InChI is InChI=1S/C12H16N2O4/c1-17-11(15)9-7-5-3-4-6-8(7)10(14(9)13)12(16)18-2/h3-6,13H2,1-2H3. The van der Waals surface area contributed by atoms with Crippen LogP contribution in [0.15, 0.2) is 0 Å². The zero-order valence-corrected chi connectivity index (χ0v) is 10.5. The van der Waals surface area contributed by atoms with Crippen LogP contribution in [0.25, 0.3) is 0 Å². The van der Waals surface area contributed by atoms with E-state index >= 15 is 0 Å². The van der Waals surface area contributed by atoms with E-state index < -0.39 is 11.9 Å². The molecule has 1 heterocycles. The molecule has 1 aliphatic carbocycles. The number of hydrogen-bond acceptors (Lipinski definition) is 5. The molecule has 1 aliphatic rings. The first-order chi connectivity index (χ1) is 8.61. The van der Waals surface area contributed by atoms with E-state index in [-0.39, 0.29) is 11.4 Å². The van der Waals surface area contributed by atoms with Crippen molar-refractivity contribution in [1.82, 2.24) is 4.68 Å². The van der Waals surface area contributed by atoms with Crippen molar-refractivity contribution in [2.24, 2.45) is 0 Å². The van der Waals surface area contributed by atoms with Gasteiger partial charge in [0.15, 0.2) is 11.4 Å². The second-order valence-electron chi connectivity index (χ2n) is 4.21. The Labute approximate surface area is 105 Å². The maximum absolute atomic E-state index is 11.8. The molecule has 0 amide bonds. The lowest BCUT2D eigenvalue weighted by molar-refractivity contribution is 0.0581. The Morgan fingerprint density at radius 2 is 1.39 bits per heavy atom. The highest BCUT2D eigenvalue weighted by Crippen LogP contribution is 2.30. The van der Waals surface area contributed by atoms with E-state index in [0.29, 0.717) is 0 Å². The van der Waals surface area contributed by atoms with Gasteiger partial charge < -0.3 is 15.3 Å². The molecule has 0 saturated heterocycles. The first-order valence-electron chi connectivity index (χ1n) is 5.80. The third-order valence-corrected chi connectivity index (χ3v) is 3.28. The molecule has 98 valence electrons. The average molecular weight is 252 g/mol. The normalized spacial score (nSPS) is 13.9. The highest BCUT2D eigenvalue weighted by molar-refractivity contribution is 5.96. The van der Waals surface area contributed by atoms with E-state index in [4.69, 9.17) is 15.3 Å². The number of methoxy groups -OCH3 is 2. The number of nitrogens with two attached hydrogens (primary N) is 1. The Kier molecular flexibility index (Phi) is 3.27. The van der Waals surface area contributed by atoms with Crippen molar-refractivity contribution in [1.29, 1.82) is 0 Å². The van der Waals surface area contributed by atoms with Crippen molar-refractivity contribution >= 4 is 11.9 Å². The quantitative estimate of drug-likeness (QED) is 0.617. The number of nitrogens with zero attached hydrogens (tertiary/aromatic N) is 1. The van der Waals surface area contributed by atoms with Gasteiger partial charge in [0.1, 0.15) is 0 Å². The van der Waals surface area contributed by atoms with Crippen molar-refractivity contribution in [3.05, 3.63) is 22.5 Å². The summed E-state index contributed by atoms with van der Waals surface area (Å²) in [7, 11) is 2.59. The van der Waals surface area contributed by atoms with Crippen LogP contribution in [0.3, 0.4) is 0 Å². The maximum atomic E-state index is 11.8. The van der Waals surface area contributed by atoms with Crippen LogP contribution in [0.4, 0.5) is 0 Å². The Morgan fingerprint density at radius 1 is 1.00 bits per heavy atom. The minimum Gasteiger partial charge on any atom is -0.464 e. The highest BCUT2D eigenvalue weighted by Gasteiger charge is 2.31. The monoisotopic (exact) mass is 252 g/mol. The van der Waals surface area contributed by atoms with Gasteiger partial charge in [-0.15, -0.1) is 0 Å². The molecule has 18 heavy (non-hydrogen) atoms. The van der Waals surface area contributed by atoms with Gasteiger partial charge in [-0.3, -0.25) is 0 Å². The molecule has 0 bridgehead atoms. The SMILES string of the molecule is COC(=O)c1c2c(c(C(=O)OC)n1N)CCCC2. The number of carbonyl (C=O) groups excluding carboxylic acids is 2. The minimum absolute atomic E-state index is 0.257. The van der Waals surface area contributed by atoms with Gasteiger partial charge in [-0.25, -0.2) is 14.3 Å². The van der Waals surface area contributed by atoms with Crippen molar-refractivity contribution in [2.45, 2.75) is 25.7 Å². The van der Waals surface area contributed by atoms with Crippen molar-refractivity contribution in [3.8, 4) is 0 Å². The Balaban J connectivity index is 2.64. The number of ether oxygens (including phenoxy) is 2. The van der Waals surface area contributed by atoms with Crippen LogP contribution in [-0.2, 0) is 22.3 Å². The zero-order chi connectivity index (χ0) is 13.3. The van der Waals surface area contributed by atoms with Crippen molar-refractivity contribution in [2.75, 3.05) is 20.1 Å². The van der Waals surface area contributed by atoms with Crippen LogP contribution in [-0.4, -0.2) is 30.8 Å². The van der Waals surface area contributed by atoms with Gasteiger partial charge in [0.2, 0.25) is 0 Å². The Morgan fingerprint density at radius 3 is 1.72 bits per heavy atom. The smallest absolute Gasteiger partial charge is 0.356 e. The number of aromatic nitrogens is 1. The fraction of sp³-hybridized carbons (Fsp3) is 0.500. The molecule has 0 radical (unpaired) electrons. The van der Waals surface area contributed by atoms with Gasteiger partial charge in [-0.05, 0) is 36.8 Å². The number of fused-ring (bicyclic) bond motifs is 1. The fourth-order valence-corrected chi connectivity index (χ4v) is 2.47. The summed E-state index contributed by atoms with van der Waals surface area (Å²) in [5.74, 6) is 4.81. The average Bonchev–Trinajstić information content (AvgIpc) is 2.69. The number of carbonyl (C=O) groups is 2. The molecule has 0 unspecified atom stereocenters. The second-order valence-corrected chi connectivity index (χ2v) is 4.21. The number of hydrogen-bond donors (Lipinski definition) is 1. The molecule has 1 aromatic heterocycles. The predicted octanol–water partition coefficient (Wildman–Crippen LogP) is 0.654. The summed E-state index contributed by atoms with van der Waals surface area (Å²) in [6.45, 7) is 0. The second kappa shape index (κ2) is 4.72. The van der Waals surface area contributed by atoms with Crippen LogP contribution in [0.5, 0.6) is 0 Å². The number of nitrogen functional groups attached to an aromatic ring is 1. The van der Waals surface area contributed by atoms with E-state index in [0.717, 1.165) is 41.5 Å². The number of rotatable bonds is 2. The first-order valence-corrected chi connectivity index (χ1v) is 5.80. The topological polar surface area (TPSA) is 83.6 Å². The molecule has 0 spiro atoms. The van der Waals surface area contributed by atoms with Crippen LogP contribution in [0, 0.1) is 0 Å². The lowest BCUT2D eigenvalue weighted by Gasteiger charge is -2.12. The summed E-state index contributed by atoms with van der Waals surface area (Å²) in [5, 5.41) is 0. The van der Waals surface area contributed by atoms with Crippen molar-refractivity contribution in [3.63, 3.8) is 0 Å². The molecule has 6 heteroatoms. The minimum atomic E-state index is -0.522. The third kappa shape index (κ3) is 1.73. The summed E-state index contributed by atoms with van der Waals surface area (Å²) in [4.78, 5) is 23.5. The molecule has 0 atom stereocenters. The van der Waals surface area contributed by atoms with Gasteiger partial charge >= 0.3 is 11.9 Å². The number of esters is 2. The van der Waals surface area contributed by atoms with Crippen LogP contribution in [0.1, 0.15) is 44.9 Å². The molecule has 2 rings (SSSR count). The Hall–Kier alpha value is -1.98. The van der Waals surface area contributed by atoms with Gasteiger partial charge in [-0.1, -0.05) is 0 Å². The van der Waals surface area contributed by atoms with Crippen LogP contribution < -0.4 is 5.84 Å². The molecule has 6 nitrogen and oxygen atoms in total. The highest BCUT2D eigenvalue weighted by atomic mass is 16.5. The van der Waals surface area contributed by atoms with E-state index in [2.05, 4.69) is 0 Å². The molecule has 0 fully saturated rings. The third-order valence-electron chi connectivity index (χ3n) is 3.28. The molecule has 2 N–H and O–H groups in total. The Bertz CT molecular complexity index is 461. The van der Waals surface area contributed by atoms with Crippen molar-refractivity contribution < 1.29 is 19.1 Å². The molecule has 0 aliphatic heterocycles. The summed E-state index contributed by atoms with van der Waals surface area (Å²) < 4.78 is 10.5. The van der Waals surface area contributed by atoms with Crippen LogP contribution >= 0.6 is 0 Å². The van der Waals surface area contributed by atoms with E-state index in [9.17, 15) is 9.59 Å². The summed E-state index contributed by atoms with van der Waals surface area (Å²) in [6.07, 6.45) is 3.41. The molecule has 0 saturated carbocycles. The first kappa shape index (κ1) is 12.5. The summed E-state index contributed by atoms with van der Waals surface area (Å²) in [6, 6.07) is 0. The fourth-order valence-electron chi connectivity index (χ4n) is 2.47. The van der Waals surface area contributed by atoms with Gasteiger partial charge in [0, 0.05) is 0 Å². The molecule has 1 aromatic rings. The van der Waals surface area contributed by atoms with Gasteiger partial charge in [0.05, 0.1) is 14.2 Å². The zero-order valence-electron chi connectivity index (χ0n) is 10.5. The lowest BCUT2D eigenvalue weighted by atomic mass is 9.92. The van der Waals surface area contributed by atoms with Gasteiger partial charge in [0.25, 0.3) is 0 Å².